The number of hydrogen-bond donors (Lipinski definition) is 0. The molecule has 0 aromatic rings. The maximum atomic E-state index is 11.2. The van der Waals surface area contributed by atoms with E-state index < -0.39 is 42.3 Å². The second kappa shape index (κ2) is 7.30. The van der Waals surface area contributed by atoms with Gasteiger partial charge < -0.3 is 14.2 Å². The van der Waals surface area contributed by atoms with Crippen LogP contribution in [0.2, 0.25) is 0 Å². The Morgan fingerprint density at radius 2 is 1.48 bits per heavy atom. The van der Waals surface area contributed by atoms with Gasteiger partial charge in [0.25, 0.3) is 0 Å². The van der Waals surface area contributed by atoms with E-state index in [2.05, 4.69) is 10.0 Å². The Bertz CT molecular complexity index is 511. The summed E-state index contributed by atoms with van der Waals surface area (Å²) in [6.07, 6.45) is -0.233. The minimum atomic E-state index is -1.09. The first-order valence-corrected chi connectivity index (χ1v) is 6.09. The number of ether oxygens (including phenoxy) is 3. The van der Waals surface area contributed by atoms with E-state index in [4.69, 9.17) is 19.7 Å². The van der Waals surface area contributed by atoms with Crippen molar-refractivity contribution in [2.24, 2.45) is 5.11 Å². The predicted molar refractivity (Wildman–Crippen MR) is 68.7 cm³/mol. The summed E-state index contributed by atoms with van der Waals surface area (Å²) in [5, 5.41) is 3.47. The van der Waals surface area contributed by atoms with Crippen molar-refractivity contribution in [3.63, 3.8) is 0 Å². The Kier molecular flexibility index (Phi) is 5.74. The molecule has 0 fully saturated rings. The Labute approximate surface area is 120 Å². The number of azide groups is 1. The third-order valence-electron chi connectivity index (χ3n) is 2.57. The summed E-state index contributed by atoms with van der Waals surface area (Å²) in [4.78, 5) is 36.1. The zero-order valence-corrected chi connectivity index (χ0v) is 11.8. The van der Waals surface area contributed by atoms with Crippen LogP contribution in [-0.4, -0.2) is 42.3 Å². The van der Waals surface area contributed by atoms with Crippen molar-refractivity contribution in [2.45, 2.75) is 45.1 Å². The summed E-state index contributed by atoms with van der Waals surface area (Å²) >= 11 is 0. The van der Waals surface area contributed by atoms with Crippen LogP contribution >= 0.6 is 0 Å². The molecular formula is C12H15N3O6. The Balaban J connectivity index is 3.14. The lowest BCUT2D eigenvalue weighted by atomic mass is 9.94. The smallest absolute Gasteiger partial charge is 0.303 e. The molecule has 1 rings (SSSR count). The quantitative estimate of drug-likeness (QED) is 0.190. The largest absolute Gasteiger partial charge is 0.458 e. The van der Waals surface area contributed by atoms with E-state index in [1.54, 1.807) is 0 Å². The van der Waals surface area contributed by atoms with Crippen LogP contribution in [0.1, 0.15) is 20.8 Å². The Morgan fingerprint density at radius 1 is 0.952 bits per heavy atom. The standard InChI is InChI=1S/C12H15N3O6/c1-6(16)19-10-5-4-9(14-15-13)11(20-7(2)17)12(10)21-8(3)18/h4-5,9-12H,1-3H3/t9-,10-,11+,12+/m0/s1. The fourth-order valence-electron chi connectivity index (χ4n) is 1.94. The van der Waals surface area contributed by atoms with Crippen molar-refractivity contribution in [3.8, 4) is 0 Å². The molecule has 0 saturated heterocycles. The molecule has 0 radical (unpaired) electrons. The Hall–Kier alpha value is -2.54. The molecule has 1 aliphatic rings. The average molecular weight is 297 g/mol. The zero-order valence-electron chi connectivity index (χ0n) is 11.8. The molecule has 4 atom stereocenters. The van der Waals surface area contributed by atoms with Crippen molar-refractivity contribution >= 4 is 17.9 Å². The molecule has 1 aliphatic carbocycles. The van der Waals surface area contributed by atoms with Crippen molar-refractivity contribution in [2.75, 3.05) is 0 Å². The van der Waals surface area contributed by atoms with Gasteiger partial charge in [-0.1, -0.05) is 11.2 Å². The molecule has 21 heavy (non-hydrogen) atoms. The normalized spacial score (nSPS) is 27.2. The van der Waals surface area contributed by atoms with E-state index in [0.29, 0.717) is 0 Å². The van der Waals surface area contributed by atoms with Crippen LogP contribution in [0.15, 0.2) is 17.3 Å². The summed E-state index contributed by atoms with van der Waals surface area (Å²) in [5.74, 6) is -1.89. The number of hydrogen-bond acceptors (Lipinski definition) is 7. The first-order valence-electron chi connectivity index (χ1n) is 6.09. The van der Waals surface area contributed by atoms with E-state index in [0.717, 1.165) is 13.8 Å². The SMILES string of the molecule is CC(=O)O[C@H]1[C@H](OC(C)=O)[C@@H](OC(C)=O)C=C[C@@H]1N=[N+]=[N-]. The topological polar surface area (TPSA) is 128 Å². The van der Waals surface area contributed by atoms with Gasteiger partial charge in [-0.3, -0.25) is 14.4 Å². The summed E-state index contributed by atoms with van der Waals surface area (Å²) < 4.78 is 15.1. The van der Waals surface area contributed by atoms with Crippen molar-refractivity contribution < 1.29 is 28.6 Å². The van der Waals surface area contributed by atoms with Gasteiger partial charge in [0.2, 0.25) is 0 Å². The van der Waals surface area contributed by atoms with Gasteiger partial charge in [-0.15, -0.1) is 0 Å². The molecule has 0 saturated carbocycles. The van der Waals surface area contributed by atoms with Gasteiger partial charge in [-0.2, -0.15) is 0 Å². The lowest BCUT2D eigenvalue weighted by Crippen LogP contribution is -2.51. The molecule has 0 spiro atoms. The van der Waals surface area contributed by atoms with Crippen LogP contribution < -0.4 is 0 Å². The second-order valence-corrected chi connectivity index (χ2v) is 4.30. The van der Waals surface area contributed by atoms with Gasteiger partial charge in [-0.05, 0) is 11.6 Å². The highest BCUT2D eigenvalue weighted by atomic mass is 16.6. The van der Waals surface area contributed by atoms with Crippen LogP contribution in [0.4, 0.5) is 0 Å². The average Bonchev–Trinajstić information content (AvgIpc) is 2.35. The summed E-state index contributed by atoms with van der Waals surface area (Å²) in [7, 11) is 0. The highest BCUT2D eigenvalue weighted by Gasteiger charge is 2.42. The van der Waals surface area contributed by atoms with Crippen LogP contribution in [0.3, 0.4) is 0 Å². The molecule has 0 unspecified atom stereocenters. The van der Waals surface area contributed by atoms with E-state index in [1.165, 1.54) is 19.1 Å². The highest BCUT2D eigenvalue weighted by Crippen LogP contribution is 2.25. The van der Waals surface area contributed by atoms with E-state index in [9.17, 15) is 14.4 Å². The van der Waals surface area contributed by atoms with Gasteiger partial charge in [0, 0.05) is 25.7 Å². The molecule has 9 heteroatoms. The number of nitrogens with zero attached hydrogens (tertiary/aromatic N) is 3. The number of rotatable bonds is 4. The number of esters is 3. The van der Waals surface area contributed by atoms with E-state index in [1.807, 2.05) is 0 Å². The summed E-state index contributed by atoms with van der Waals surface area (Å²) in [6.45, 7) is 3.52. The minimum absolute atomic E-state index is 0.592. The molecule has 0 bridgehead atoms. The molecule has 0 N–H and O–H groups in total. The van der Waals surface area contributed by atoms with Crippen LogP contribution in [0.25, 0.3) is 10.4 Å². The van der Waals surface area contributed by atoms with Crippen LogP contribution in [-0.2, 0) is 28.6 Å². The maximum Gasteiger partial charge on any atom is 0.303 e. The van der Waals surface area contributed by atoms with Gasteiger partial charge in [0.1, 0.15) is 0 Å². The molecule has 0 aliphatic heterocycles. The maximum absolute atomic E-state index is 11.2. The second-order valence-electron chi connectivity index (χ2n) is 4.30. The van der Waals surface area contributed by atoms with Crippen molar-refractivity contribution in [1.82, 2.24) is 0 Å². The zero-order chi connectivity index (χ0) is 16.0. The number of carbonyl (C=O) groups is 3. The van der Waals surface area contributed by atoms with Gasteiger partial charge >= 0.3 is 17.9 Å². The first-order chi connectivity index (χ1) is 9.85. The minimum Gasteiger partial charge on any atom is -0.458 e. The first kappa shape index (κ1) is 16.5. The third kappa shape index (κ3) is 4.81. The van der Waals surface area contributed by atoms with Crippen LogP contribution in [0.5, 0.6) is 0 Å². The van der Waals surface area contributed by atoms with E-state index in [-0.39, 0.29) is 0 Å². The van der Waals surface area contributed by atoms with Gasteiger partial charge in [0.15, 0.2) is 18.3 Å². The molecule has 0 amide bonds. The molecule has 0 aromatic carbocycles. The fraction of sp³-hybridized carbons (Fsp3) is 0.583. The van der Waals surface area contributed by atoms with Crippen molar-refractivity contribution in [1.29, 1.82) is 0 Å². The lowest BCUT2D eigenvalue weighted by molar-refractivity contribution is -0.181. The Morgan fingerprint density at radius 3 is 1.95 bits per heavy atom. The number of carbonyl (C=O) groups excluding carboxylic acids is 3. The van der Waals surface area contributed by atoms with Crippen molar-refractivity contribution in [3.05, 3.63) is 22.6 Å². The van der Waals surface area contributed by atoms with Gasteiger partial charge in [0.05, 0.1) is 6.04 Å². The summed E-state index contributed by atoms with van der Waals surface area (Å²) in [5.41, 5.74) is 8.54. The molecule has 114 valence electrons. The molecule has 9 nitrogen and oxygen atoms in total. The molecular weight excluding hydrogens is 282 g/mol. The van der Waals surface area contributed by atoms with Gasteiger partial charge in [-0.25, -0.2) is 0 Å². The lowest BCUT2D eigenvalue weighted by Gasteiger charge is -2.35. The predicted octanol–water partition coefficient (Wildman–Crippen LogP) is 1.03. The molecule has 0 aromatic heterocycles. The van der Waals surface area contributed by atoms with E-state index >= 15 is 0 Å². The monoisotopic (exact) mass is 297 g/mol. The highest BCUT2D eigenvalue weighted by molar-refractivity contribution is 5.68. The third-order valence-corrected chi connectivity index (χ3v) is 2.57. The summed E-state index contributed by atoms with van der Waals surface area (Å²) in [6, 6.07) is -0.866. The van der Waals surface area contributed by atoms with Crippen LogP contribution in [0, 0.1) is 0 Å². The fourth-order valence-corrected chi connectivity index (χ4v) is 1.94. The molecule has 0 heterocycles.